The molecule has 0 saturated heterocycles. The number of hydrogen-bond acceptors (Lipinski definition) is 5. The van der Waals surface area contributed by atoms with Crippen LogP contribution in [0.1, 0.15) is 72.6 Å². The van der Waals surface area contributed by atoms with Gasteiger partial charge in [-0.15, -0.1) is 0 Å². The highest BCUT2D eigenvalue weighted by Crippen LogP contribution is 2.66. The summed E-state index contributed by atoms with van der Waals surface area (Å²) in [6, 6.07) is 0. The van der Waals surface area contributed by atoms with Crippen LogP contribution in [-0.4, -0.2) is 30.3 Å². The van der Waals surface area contributed by atoms with Crippen LogP contribution in [-0.2, 0) is 23.9 Å². The Kier molecular flexibility index (Phi) is 5.83. The molecular weight excluding hydrogens is 418 g/mol. The summed E-state index contributed by atoms with van der Waals surface area (Å²) >= 11 is 0. The summed E-state index contributed by atoms with van der Waals surface area (Å²) in [4.78, 5) is 35.8. The molecule has 4 aliphatic rings. The van der Waals surface area contributed by atoms with Crippen molar-refractivity contribution in [1.82, 2.24) is 0 Å². The molecule has 0 aromatic carbocycles. The molecule has 4 aliphatic carbocycles. The van der Waals surface area contributed by atoms with Gasteiger partial charge in [-0.1, -0.05) is 19.4 Å². The number of carbonyl (C=O) groups is 3. The van der Waals surface area contributed by atoms with E-state index in [4.69, 9.17) is 9.47 Å². The van der Waals surface area contributed by atoms with Gasteiger partial charge >= 0.3 is 11.9 Å². The van der Waals surface area contributed by atoms with Gasteiger partial charge in [0.2, 0.25) is 0 Å². The third kappa shape index (κ3) is 3.61. The molecule has 0 amide bonds. The predicted molar refractivity (Wildman–Crippen MR) is 112 cm³/mol. The summed E-state index contributed by atoms with van der Waals surface area (Å²) in [5, 5.41) is 0. The topological polar surface area (TPSA) is 69.7 Å². The summed E-state index contributed by atoms with van der Waals surface area (Å²) < 4.78 is 37.9. The van der Waals surface area contributed by atoms with E-state index in [2.05, 4.69) is 13.8 Å². The molecule has 5 nitrogen and oxygen atoms in total. The molecule has 0 spiro atoms. The molecule has 32 heavy (non-hydrogen) atoms. The van der Waals surface area contributed by atoms with Crippen molar-refractivity contribution in [3.8, 4) is 0 Å². The first kappa shape index (κ1) is 23.1. The number of carbonyl (C=O) groups excluding carboxylic acids is 3. The largest absolute Gasteiger partial charge is 0.462 e. The van der Waals surface area contributed by atoms with Crippen molar-refractivity contribution < 1.29 is 32.6 Å². The van der Waals surface area contributed by atoms with E-state index in [9.17, 15) is 23.2 Å². The fraction of sp³-hybridized carbons (Fsp3) is 0.720. The van der Waals surface area contributed by atoms with Gasteiger partial charge in [0.05, 0.1) is 0 Å². The summed E-state index contributed by atoms with van der Waals surface area (Å²) in [6.07, 6.45) is 3.94. The van der Waals surface area contributed by atoms with Crippen LogP contribution in [0.4, 0.5) is 8.78 Å². The van der Waals surface area contributed by atoms with Gasteiger partial charge in [0.25, 0.3) is 6.43 Å². The second-order valence-corrected chi connectivity index (χ2v) is 10.5. The second kappa shape index (κ2) is 8.07. The second-order valence-electron chi connectivity index (χ2n) is 10.5. The van der Waals surface area contributed by atoms with Gasteiger partial charge in [0.15, 0.2) is 11.5 Å². The van der Waals surface area contributed by atoms with E-state index in [1.165, 1.54) is 13.0 Å². The first-order valence-electron chi connectivity index (χ1n) is 11.6. The molecule has 3 fully saturated rings. The maximum Gasteiger partial charge on any atom is 0.307 e. The SMILES string of the molecule is CC(=O)O/C(=C1\C[C@@]2(C)C(=CC1=O)CC[C@H]1[C@@H]3CC[C@H](OC(C)=O)[C@@]3(C)CC[C@@H]12)C(F)F. The molecular formula is C25H32F2O5. The number of hydrogen-bond donors (Lipinski definition) is 0. The van der Waals surface area contributed by atoms with Crippen molar-refractivity contribution >= 4 is 17.7 Å². The van der Waals surface area contributed by atoms with Crippen molar-refractivity contribution in [2.24, 2.45) is 28.6 Å². The lowest BCUT2D eigenvalue weighted by Crippen LogP contribution is -2.52. The van der Waals surface area contributed by atoms with Crippen LogP contribution in [0.15, 0.2) is 23.0 Å². The normalized spacial score (nSPS) is 40.1. The van der Waals surface area contributed by atoms with Gasteiger partial charge < -0.3 is 9.47 Å². The number of allylic oxidation sites excluding steroid dienone is 3. The van der Waals surface area contributed by atoms with Crippen molar-refractivity contribution in [1.29, 1.82) is 0 Å². The Morgan fingerprint density at radius 2 is 1.78 bits per heavy atom. The van der Waals surface area contributed by atoms with Crippen LogP contribution >= 0.6 is 0 Å². The minimum Gasteiger partial charge on any atom is -0.462 e. The molecule has 0 aromatic rings. The van der Waals surface area contributed by atoms with E-state index in [0.717, 1.165) is 51.0 Å². The Balaban J connectivity index is 1.68. The van der Waals surface area contributed by atoms with Gasteiger partial charge in [0, 0.05) is 24.8 Å². The van der Waals surface area contributed by atoms with Gasteiger partial charge in [-0.05, 0) is 74.2 Å². The number of rotatable bonds is 3. The summed E-state index contributed by atoms with van der Waals surface area (Å²) in [5.74, 6) is -1.33. The molecule has 3 saturated carbocycles. The van der Waals surface area contributed by atoms with E-state index >= 15 is 0 Å². The standard InChI is InChI=1S/C25H32F2O5/c1-13(28)31-21-8-7-18-16-6-5-15-11-20(30)17(22(23(26)27)32-14(2)29)12-25(15,4)19(16)9-10-24(18,21)3/h11,16,18-19,21,23H,5-10,12H2,1-4H3/b22-17+/t16-,18-,19-,21-,24-,25-/m0/s1. The smallest absolute Gasteiger partial charge is 0.307 e. The fourth-order valence-corrected chi connectivity index (χ4v) is 7.46. The number of esters is 2. The zero-order chi connectivity index (χ0) is 23.4. The number of ketones is 1. The Labute approximate surface area is 187 Å². The van der Waals surface area contributed by atoms with Crippen LogP contribution in [0.5, 0.6) is 0 Å². The quantitative estimate of drug-likeness (QED) is 0.338. The first-order chi connectivity index (χ1) is 15.0. The molecule has 176 valence electrons. The molecule has 4 rings (SSSR count). The van der Waals surface area contributed by atoms with E-state index in [1.807, 2.05) is 0 Å². The van der Waals surface area contributed by atoms with E-state index < -0.39 is 29.4 Å². The highest BCUT2D eigenvalue weighted by Gasteiger charge is 2.60. The molecule has 0 N–H and O–H groups in total. The Hall–Kier alpha value is -2.05. The molecule has 0 heterocycles. The predicted octanol–water partition coefficient (Wildman–Crippen LogP) is 5.14. The number of fused-ring (bicyclic) bond motifs is 5. The maximum atomic E-state index is 13.7. The fourth-order valence-electron chi connectivity index (χ4n) is 7.46. The Morgan fingerprint density at radius 1 is 1.06 bits per heavy atom. The van der Waals surface area contributed by atoms with Crippen molar-refractivity contribution in [3.05, 3.63) is 23.0 Å². The molecule has 0 radical (unpaired) electrons. The highest BCUT2D eigenvalue weighted by atomic mass is 19.3. The number of alkyl halides is 2. The monoisotopic (exact) mass is 450 g/mol. The average Bonchev–Trinajstić information content (AvgIpc) is 3.02. The van der Waals surface area contributed by atoms with Crippen LogP contribution in [0.25, 0.3) is 0 Å². The van der Waals surface area contributed by atoms with Crippen LogP contribution < -0.4 is 0 Å². The molecule has 0 aliphatic heterocycles. The highest BCUT2D eigenvalue weighted by molar-refractivity contribution is 6.06. The summed E-state index contributed by atoms with van der Waals surface area (Å²) in [6.45, 7) is 6.84. The maximum absolute atomic E-state index is 13.7. The van der Waals surface area contributed by atoms with Crippen molar-refractivity contribution in [2.75, 3.05) is 0 Å². The Morgan fingerprint density at radius 3 is 2.41 bits per heavy atom. The van der Waals surface area contributed by atoms with Gasteiger partial charge in [0.1, 0.15) is 6.10 Å². The minimum atomic E-state index is -3.02. The van der Waals surface area contributed by atoms with E-state index in [0.29, 0.717) is 11.8 Å². The molecule has 6 atom stereocenters. The van der Waals surface area contributed by atoms with Gasteiger partial charge in [-0.3, -0.25) is 14.4 Å². The molecule has 0 bridgehead atoms. The molecule has 0 unspecified atom stereocenters. The van der Waals surface area contributed by atoms with Crippen LogP contribution in [0, 0.1) is 28.6 Å². The zero-order valence-corrected chi connectivity index (χ0v) is 19.2. The summed E-state index contributed by atoms with van der Waals surface area (Å²) in [5.41, 5.74) is 0.467. The van der Waals surface area contributed by atoms with Crippen LogP contribution in [0.3, 0.4) is 0 Å². The molecule has 7 heteroatoms. The van der Waals surface area contributed by atoms with E-state index in [1.54, 1.807) is 0 Å². The third-order valence-corrected chi connectivity index (χ3v) is 8.85. The lowest BCUT2D eigenvalue weighted by Gasteiger charge is -2.58. The Bertz CT molecular complexity index is 906. The third-order valence-electron chi connectivity index (χ3n) is 8.85. The van der Waals surface area contributed by atoms with Gasteiger partial charge in [-0.2, -0.15) is 0 Å². The number of halogens is 2. The number of ether oxygens (including phenoxy) is 2. The van der Waals surface area contributed by atoms with Crippen molar-refractivity contribution in [2.45, 2.75) is 85.2 Å². The van der Waals surface area contributed by atoms with Crippen LogP contribution in [0.2, 0.25) is 0 Å². The van der Waals surface area contributed by atoms with Crippen molar-refractivity contribution in [3.63, 3.8) is 0 Å². The molecule has 0 aromatic heterocycles. The van der Waals surface area contributed by atoms with E-state index in [-0.39, 0.29) is 35.4 Å². The average molecular weight is 451 g/mol. The van der Waals surface area contributed by atoms with Gasteiger partial charge in [-0.25, -0.2) is 8.78 Å². The minimum absolute atomic E-state index is 0.0698. The summed E-state index contributed by atoms with van der Waals surface area (Å²) in [7, 11) is 0. The lowest BCUT2D eigenvalue weighted by atomic mass is 9.47. The lowest BCUT2D eigenvalue weighted by molar-refractivity contribution is -0.157. The first-order valence-corrected chi connectivity index (χ1v) is 11.6. The zero-order valence-electron chi connectivity index (χ0n) is 19.2.